The van der Waals surface area contributed by atoms with Crippen LogP contribution in [-0.2, 0) is 0 Å². The Morgan fingerprint density at radius 3 is 1.82 bits per heavy atom. The highest BCUT2D eigenvalue weighted by molar-refractivity contribution is 5.33. The predicted molar refractivity (Wildman–Crippen MR) is 115 cm³/mol. The molecule has 0 aromatic heterocycles. The highest BCUT2D eigenvalue weighted by Gasteiger charge is 2.25. The van der Waals surface area contributed by atoms with E-state index in [1.54, 1.807) is 6.08 Å². The Labute approximate surface area is 171 Å². The first-order valence-corrected chi connectivity index (χ1v) is 11.3. The average Bonchev–Trinajstić information content (AvgIpc) is 2.76. The lowest BCUT2D eigenvalue weighted by molar-refractivity contribution is 0.225. The molecule has 0 spiro atoms. The minimum absolute atomic E-state index is 0.703. The number of nitriles is 2. The molecule has 148 valence electrons. The van der Waals surface area contributed by atoms with Gasteiger partial charge in [0.1, 0.15) is 0 Å². The fourth-order valence-corrected chi connectivity index (χ4v) is 5.36. The first-order chi connectivity index (χ1) is 13.8. The van der Waals surface area contributed by atoms with Gasteiger partial charge in [0.05, 0.1) is 17.7 Å². The molecule has 1 aromatic carbocycles. The van der Waals surface area contributed by atoms with Crippen LogP contribution >= 0.6 is 0 Å². The first-order valence-electron chi connectivity index (χ1n) is 11.3. The van der Waals surface area contributed by atoms with E-state index in [0.717, 1.165) is 29.7 Å². The van der Waals surface area contributed by atoms with Gasteiger partial charge in [0.15, 0.2) is 0 Å². The number of benzene rings is 1. The van der Waals surface area contributed by atoms with Crippen molar-refractivity contribution >= 4 is 0 Å². The minimum atomic E-state index is 0.703. The third kappa shape index (κ3) is 6.24. The van der Waals surface area contributed by atoms with Gasteiger partial charge in [-0.25, -0.2) is 0 Å². The normalized spacial score (nSPS) is 27.9. The Morgan fingerprint density at radius 1 is 0.750 bits per heavy atom. The molecule has 0 radical (unpaired) electrons. The van der Waals surface area contributed by atoms with Crippen LogP contribution in [0.2, 0.25) is 0 Å². The van der Waals surface area contributed by atoms with Crippen LogP contribution in [0.4, 0.5) is 0 Å². The van der Waals surface area contributed by atoms with Crippen molar-refractivity contribution in [1.82, 2.24) is 0 Å². The predicted octanol–water partition coefficient (Wildman–Crippen LogP) is 7.28. The molecule has 0 unspecified atom stereocenters. The molecule has 28 heavy (non-hydrogen) atoms. The number of nitrogens with zero attached hydrogens (tertiary/aromatic N) is 2. The van der Waals surface area contributed by atoms with Crippen LogP contribution in [0.5, 0.6) is 0 Å². The van der Waals surface area contributed by atoms with Crippen molar-refractivity contribution in [2.45, 2.75) is 83.0 Å². The van der Waals surface area contributed by atoms with E-state index < -0.39 is 0 Å². The molecule has 0 bridgehead atoms. The van der Waals surface area contributed by atoms with Gasteiger partial charge < -0.3 is 0 Å². The van der Waals surface area contributed by atoms with Crippen LogP contribution in [0.1, 0.15) is 94.1 Å². The molecule has 0 heterocycles. The quantitative estimate of drug-likeness (QED) is 0.471. The van der Waals surface area contributed by atoms with Gasteiger partial charge in [-0.15, -0.1) is 0 Å². The van der Waals surface area contributed by atoms with Crippen molar-refractivity contribution in [3.05, 3.63) is 47.5 Å². The van der Waals surface area contributed by atoms with Crippen molar-refractivity contribution in [1.29, 1.82) is 10.5 Å². The molecule has 2 saturated carbocycles. The number of allylic oxidation sites excluding steroid dienone is 2. The Morgan fingerprint density at radius 2 is 1.29 bits per heavy atom. The number of hydrogen-bond acceptors (Lipinski definition) is 2. The molecule has 0 aliphatic heterocycles. The summed E-state index contributed by atoms with van der Waals surface area (Å²) in [6, 6.07) is 12.6. The lowest BCUT2D eigenvalue weighted by atomic mass is 9.74. The zero-order valence-corrected chi connectivity index (χ0v) is 17.2. The maximum atomic E-state index is 8.95. The minimum Gasteiger partial charge on any atom is -0.193 e. The van der Waals surface area contributed by atoms with E-state index >= 15 is 0 Å². The summed E-state index contributed by atoms with van der Waals surface area (Å²) in [4.78, 5) is 0. The van der Waals surface area contributed by atoms with Crippen molar-refractivity contribution in [3.63, 3.8) is 0 Å². The smallest absolute Gasteiger partial charge is 0.0991 e. The standard InChI is InChI=1S/C26H34N2/c27-19-3-1-2-4-21-5-7-22(8-6-21)9-10-23-11-15-25(16-12-23)26-17-13-24(20-28)14-18-26/h1,3,13-14,17-18,21-23,25H,2,4-12,15-16H2/t21-,22-,23-,25-. The largest absolute Gasteiger partial charge is 0.193 e. The molecule has 0 amide bonds. The van der Waals surface area contributed by atoms with Gasteiger partial charge in [-0.05, 0) is 79.9 Å². The molecule has 2 heteroatoms. The second kappa shape index (κ2) is 11.1. The van der Waals surface area contributed by atoms with Crippen LogP contribution in [-0.4, -0.2) is 0 Å². The highest BCUT2D eigenvalue weighted by Crippen LogP contribution is 2.40. The van der Waals surface area contributed by atoms with Gasteiger partial charge in [-0.2, -0.15) is 10.5 Å². The summed E-state index contributed by atoms with van der Waals surface area (Å²) in [5, 5.41) is 17.5. The van der Waals surface area contributed by atoms with Crippen LogP contribution < -0.4 is 0 Å². The summed E-state index contributed by atoms with van der Waals surface area (Å²) < 4.78 is 0. The molecule has 2 nitrogen and oxygen atoms in total. The molecule has 0 N–H and O–H groups in total. The van der Waals surface area contributed by atoms with E-state index in [1.807, 2.05) is 18.2 Å². The summed E-state index contributed by atoms with van der Waals surface area (Å²) >= 11 is 0. The van der Waals surface area contributed by atoms with Crippen LogP contribution in [0, 0.1) is 40.4 Å². The van der Waals surface area contributed by atoms with Gasteiger partial charge in [0, 0.05) is 6.08 Å². The Hall–Kier alpha value is -2.06. The van der Waals surface area contributed by atoms with E-state index in [9.17, 15) is 0 Å². The summed E-state index contributed by atoms with van der Waals surface area (Å²) in [7, 11) is 0. The average molecular weight is 375 g/mol. The second-order valence-electron chi connectivity index (χ2n) is 9.02. The fraction of sp³-hybridized carbons (Fsp3) is 0.615. The Balaban J connectivity index is 1.31. The van der Waals surface area contributed by atoms with E-state index in [0.29, 0.717) is 5.92 Å². The summed E-state index contributed by atoms with van der Waals surface area (Å²) in [5.74, 6) is 3.49. The van der Waals surface area contributed by atoms with Gasteiger partial charge in [-0.3, -0.25) is 0 Å². The van der Waals surface area contributed by atoms with E-state index in [2.05, 4.69) is 24.3 Å². The molecule has 3 rings (SSSR count). The van der Waals surface area contributed by atoms with Gasteiger partial charge in [0.2, 0.25) is 0 Å². The maximum absolute atomic E-state index is 8.95. The van der Waals surface area contributed by atoms with E-state index in [4.69, 9.17) is 10.5 Å². The Bertz CT molecular complexity index is 687. The molecule has 1 aromatic rings. The highest BCUT2D eigenvalue weighted by atomic mass is 14.3. The molecule has 2 fully saturated rings. The fourth-order valence-electron chi connectivity index (χ4n) is 5.36. The van der Waals surface area contributed by atoms with Crippen molar-refractivity contribution in [2.24, 2.45) is 17.8 Å². The lowest BCUT2D eigenvalue weighted by Gasteiger charge is -2.32. The van der Waals surface area contributed by atoms with Crippen LogP contribution in [0.15, 0.2) is 36.4 Å². The zero-order chi connectivity index (χ0) is 19.6. The third-order valence-electron chi connectivity index (χ3n) is 7.24. The first kappa shape index (κ1) is 20.7. The number of hydrogen-bond donors (Lipinski definition) is 0. The molecular weight excluding hydrogens is 340 g/mol. The van der Waals surface area contributed by atoms with E-state index in [1.165, 1.54) is 76.2 Å². The molecule has 0 saturated heterocycles. The summed E-state index contributed by atoms with van der Waals surface area (Å²) in [6.45, 7) is 0. The molecule has 2 aliphatic carbocycles. The Kier molecular flexibility index (Phi) is 8.17. The monoisotopic (exact) mass is 374 g/mol. The second-order valence-corrected chi connectivity index (χ2v) is 9.02. The topological polar surface area (TPSA) is 47.6 Å². The number of rotatable bonds is 7. The zero-order valence-electron chi connectivity index (χ0n) is 17.2. The van der Waals surface area contributed by atoms with Crippen LogP contribution in [0.25, 0.3) is 0 Å². The lowest BCUT2D eigenvalue weighted by Crippen LogP contribution is -2.17. The molecular formula is C26H34N2. The summed E-state index contributed by atoms with van der Waals surface area (Å²) in [5.41, 5.74) is 2.20. The van der Waals surface area contributed by atoms with Crippen LogP contribution in [0.3, 0.4) is 0 Å². The SMILES string of the molecule is N#CC=CCC[C@H]1CC[C@H](CC[C@H]2CC[C@H](c3ccc(C#N)cc3)CC2)CC1. The molecule has 0 atom stereocenters. The van der Waals surface area contributed by atoms with Crippen molar-refractivity contribution in [3.8, 4) is 12.1 Å². The van der Waals surface area contributed by atoms with Gasteiger partial charge >= 0.3 is 0 Å². The summed E-state index contributed by atoms with van der Waals surface area (Å²) in [6.07, 6.45) is 19.9. The van der Waals surface area contributed by atoms with Crippen molar-refractivity contribution in [2.75, 3.05) is 0 Å². The maximum Gasteiger partial charge on any atom is 0.0991 e. The third-order valence-corrected chi connectivity index (χ3v) is 7.24. The van der Waals surface area contributed by atoms with Gasteiger partial charge in [0.25, 0.3) is 0 Å². The van der Waals surface area contributed by atoms with Crippen molar-refractivity contribution < 1.29 is 0 Å². The molecule has 2 aliphatic rings. The van der Waals surface area contributed by atoms with E-state index in [-0.39, 0.29) is 0 Å². The van der Waals surface area contributed by atoms with Gasteiger partial charge in [-0.1, -0.05) is 56.7 Å².